The number of nitrogens with one attached hydrogen (secondary N) is 2. The summed E-state index contributed by atoms with van der Waals surface area (Å²) in [6, 6.07) is 11.1. The molecule has 0 radical (unpaired) electrons. The van der Waals surface area contributed by atoms with Gasteiger partial charge in [0.2, 0.25) is 5.78 Å². The molecule has 6 heteroatoms. The number of hydrogen-bond donors (Lipinski definition) is 4. The van der Waals surface area contributed by atoms with Gasteiger partial charge < -0.3 is 24.7 Å². The lowest BCUT2D eigenvalue weighted by atomic mass is 10.0. The van der Waals surface area contributed by atoms with Crippen molar-refractivity contribution in [3.05, 3.63) is 64.4 Å². The highest BCUT2D eigenvalue weighted by Crippen LogP contribution is 2.39. The molecular formula is C23H28N2O4+2. The zero-order chi connectivity index (χ0) is 20.4. The second-order valence-electron chi connectivity index (χ2n) is 7.94. The summed E-state index contributed by atoms with van der Waals surface area (Å²) in [5.41, 5.74) is 3.25. The van der Waals surface area contributed by atoms with E-state index in [1.165, 1.54) is 9.80 Å². The lowest BCUT2D eigenvalue weighted by Gasteiger charge is -2.29. The van der Waals surface area contributed by atoms with E-state index in [0.29, 0.717) is 29.2 Å². The molecule has 4 rings (SSSR count). The zero-order valence-corrected chi connectivity index (χ0v) is 16.7. The first-order chi connectivity index (χ1) is 14.0. The van der Waals surface area contributed by atoms with Crippen molar-refractivity contribution in [2.24, 2.45) is 0 Å². The number of piperazine rings is 1. The van der Waals surface area contributed by atoms with Crippen LogP contribution in [0.2, 0.25) is 0 Å². The molecule has 0 unspecified atom stereocenters. The summed E-state index contributed by atoms with van der Waals surface area (Å²) < 4.78 is 5.98. The smallest absolute Gasteiger partial charge is 0.231 e. The van der Waals surface area contributed by atoms with E-state index in [0.717, 1.165) is 43.9 Å². The summed E-state index contributed by atoms with van der Waals surface area (Å²) in [5, 5.41) is 19.6. The maximum atomic E-state index is 12.8. The molecule has 0 aliphatic carbocycles. The fourth-order valence-corrected chi connectivity index (χ4v) is 4.17. The van der Waals surface area contributed by atoms with E-state index in [1.807, 2.05) is 31.2 Å². The van der Waals surface area contributed by atoms with E-state index in [9.17, 15) is 9.90 Å². The summed E-state index contributed by atoms with van der Waals surface area (Å²) in [4.78, 5) is 15.6. The number of phenols is 1. The number of carbonyl (C=O) groups excluding carboxylic acids is 1. The van der Waals surface area contributed by atoms with Gasteiger partial charge in [-0.1, -0.05) is 29.8 Å². The van der Waals surface area contributed by atoms with Crippen molar-refractivity contribution in [3.8, 4) is 11.5 Å². The Kier molecular flexibility index (Phi) is 5.67. The van der Waals surface area contributed by atoms with Crippen LogP contribution in [-0.4, -0.2) is 55.3 Å². The van der Waals surface area contributed by atoms with Gasteiger partial charge in [-0.25, -0.2) is 0 Å². The Morgan fingerprint density at radius 1 is 1.10 bits per heavy atom. The van der Waals surface area contributed by atoms with Crippen molar-refractivity contribution in [1.82, 2.24) is 0 Å². The molecule has 152 valence electrons. The maximum Gasteiger partial charge on any atom is 0.231 e. The van der Waals surface area contributed by atoms with Crippen molar-refractivity contribution >= 4 is 11.9 Å². The fraction of sp³-hybridized carbons (Fsp3) is 0.348. The molecule has 0 atom stereocenters. The highest BCUT2D eigenvalue weighted by Gasteiger charge is 2.33. The van der Waals surface area contributed by atoms with E-state index in [-0.39, 0.29) is 18.1 Å². The number of aliphatic hydroxyl groups is 1. The lowest BCUT2D eigenvalue weighted by Crippen LogP contribution is -3.27. The number of aliphatic hydroxyl groups excluding tert-OH is 1. The second kappa shape index (κ2) is 8.37. The van der Waals surface area contributed by atoms with Crippen molar-refractivity contribution in [2.45, 2.75) is 13.5 Å². The van der Waals surface area contributed by atoms with Crippen LogP contribution in [0.4, 0.5) is 0 Å². The fourth-order valence-electron chi connectivity index (χ4n) is 4.17. The highest BCUT2D eigenvalue weighted by molar-refractivity contribution is 6.15. The van der Waals surface area contributed by atoms with Gasteiger partial charge in [0.25, 0.3) is 0 Å². The van der Waals surface area contributed by atoms with E-state index >= 15 is 0 Å². The molecule has 2 aromatic carbocycles. The molecule has 2 aliphatic heterocycles. The SMILES string of the molecule is Cc1cccc(/C=C2\Oc3c(ccc(O)c3C[NH+]3CC[NH+](CCO)CC3)C2=O)c1. The van der Waals surface area contributed by atoms with E-state index in [4.69, 9.17) is 9.84 Å². The average Bonchev–Trinajstić information content (AvgIpc) is 3.01. The predicted octanol–water partition coefficient (Wildman–Crippen LogP) is -0.407. The molecule has 1 saturated heterocycles. The highest BCUT2D eigenvalue weighted by atomic mass is 16.5. The molecule has 2 aromatic rings. The van der Waals surface area contributed by atoms with Gasteiger partial charge >= 0.3 is 0 Å². The van der Waals surface area contributed by atoms with E-state index in [2.05, 4.69) is 0 Å². The molecule has 0 amide bonds. The number of phenolic OH excluding ortho intramolecular Hbond substituents is 1. The lowest BCUT2D eigenvalue weighted by molar-refractivity contribution is -1.02. The minimum atomic E-state index is -0.144. The van der Waals surface area contributed by atoms with Gasteiger partial charge in [-0.3, -0.25) is 4.79 Å². The number of ether oxygens (including phenoxy) is 1. The number of allylic oxidation sites excluding steroid dienone is 1. The normalized spacial score (nSPS) is 22.6. The van der Waals surface area contributed by atoms with Crippen LogP contribution < -0.4 is 14.5 Å². The quantitative estimate of drug-likeness (QED) is 0.519. The standard InChI is InChI=1S/C23H26N2O4/c1-16-3-2-4-17(13-16)14-21-22(28)18-5-6-20(27)19(23(18)29-21)15-25-9-7-24(8-10-25)11-12-26/h2-6,13-14,26-27H,7-12,15H2,1H3/p+2/b21-14-. The monoisotopic (exact) mass is 396 g/mol. The van der Waals surface area contributed by atoms with Gasteiger partial charge in [0.05, 0.1) is 17.7 Å². The van der Waals surface area contributed by atoms with Crippen LogP contribution in [0, 0.1) is 6.92 Å². The van der Waals surface area contributed by atoms with Crippen molar-refractivity contribution in [3.63, 3.8) is 0 Å². The summed E-state index contributed by atoms with van der Waals surface area (Å²) in [7, 11) is 0. The third-order valence-electron chi connectivity index (χ3n) is 5.81. The Bertz CT molecular complexity index is 946. The Morgan fingerprint density at radius 2 is 1.86 bits per heavy atom. The van der Waals surface area contributed by atoms with Crippen LogP contribution >= 0.6 is 0 Å². The minimum absolute atomic E-state index is 0.144. The average molecular weight is 396 g/mol. The van der Waals surface area contributed by atoms with Crippen molar-refractivity contribution in [2.75, 3.05) is 39.3 Å². The predicted molar refractivity (Wildman–Crippen MR) is 109 cm³/mol. The van der Waals surface area contributed by atoms with Crippen molar-refractivity contribution in [1.29, 1.82) is 0 Å². The van der Waals surface area contributed by atoms with E-state index in [1.54, 1.807) is 18.2 Å². The molecule has 0 aromatic heterocycles. The third-order valence-corrected chi connectivity index (χ3v) is 5.81. The molecule has 0 spiro atoms. The van der Waals surface area contributed by atoms with Crippen LogP contribution in [0.15, 0.2) is 42.2 Å². The Morgan fingerprint density at radius 3 is 2.59 bits per heavy atom. The largest absolute Gasteiger partial charge is 0.507 e. The third kappa shape index (κ3) is 4.19. The number of rotatable bonds is 5. The van der Waals surface area contributed by atoms with Crippen LogP contribution in [0.3, 0.4) is 0 Å². The molecular weight excluding hydrogens is 368 g/mol. The topological polar surface area (TPSA) is 75.6 Å². The molecule has 29 heavy (non-hydrogen) atoms. The summed E-state index contributed by atoms with van der Waals surface area (Å²) in [6.07, 6.45) is 1.76. The van der Waals surface area contributed by atoms with Crippen molar-refractivity contribution < 1.29 is 29.5 Å². The molecule has 4 N–H and O–H groups in total. The number of benzene rings is 2. The first-order valence-corrected chi connectivity index (χ1v) is 10.2. The maximum absolute atomic E-state index is 12.8. The van der Waals surface area contributed by atoms with Crippen LogP contribution in [0.25, 0.3) is 6.08 Å². The number of aryl methyl sites for hydroxylation is 1. The number of carbonyl (C=O) groups is 1. The van der Waals surface area contributed by atoms with Gasteiger partial charge in [-0.05, 0) is 30.7 Å². The number of quaternary nitrogens is 2. The molecule has 2 heterocycles. The molecule has 2 aliphatic rings. The Labute approximate surface area is 170 Å². The number of ketones is 1. The van der Waals surface area contributed by atoms with Crippen LogP contribution in [0.1, 0.15) is 27.0 Å². The van der Waals surface area contributed by atoms with Gasteiger partial charge in [-0.2, -0.15) is 0 Å². The number of aromatic hydroxyl groups is 1. The van der Waals surface area contributed by atoms with Gasteiger partial charge in [0, 0.05) is 0 Å². The Hall–Kier alpha value is -2.67. The molecule has 6 nitrogen and oxygen atoms in total. The molecule has 1 fully saturated rings. The van der Waals surface area contributed by atoms with Crippen LogP contribution in [-0.2, 0) is 6.54 Å². The van der Waals surface area contributed by atoms with Gasteiger partial charge in [-0.15, -0.1) is 0 Å². The summed E-state index contributed by atoms with van der Waals surface area (Å²) >= 11 is 0. The van der Waals surface area contributed by atoms with Gasteiger partial charge in [0.1, 0.15) is 45.0 Å². The molecule has 0 bridgehead atoms. The number of fused-ring (bicyclic) bond motifs is 1. The molecule has 0 saturated carbocycles. The zero-order valence-electron chi connectivity index (χ0n) is 16.7. The minimum Gasteiger partial charge on any atom is -0.507 e. The number of hydrogen-bond acceptors (Lipinski definition) is 4. The first kappa shape index (κ1) is 19.6. The summed E-state index contributed by atoms with van der Waals surface area (Å²) in [5.74, 6) is 0.817. The van der Waals surface area contributed by atoms with E-state index < -0.39 is 0 Å². The second-order valence-corrected chi connectivity index (χ2v) is 7.94. The first-order valence-electron chi connectivity index (χ1n) is 10.2. The van der Waals surface area contributed by atoms with Gasteiger partial charge in [0.15, 0.2) is 11.5 Å². The summed E-state index contributed by atoms with van der Waals surface area (Å²) in [6.45, 7) is 7.51. The number of Topliss-reactive ketones (excluding diaryl/α,β-unsaturated/α-hetero) is 1. The Balaban J connectivity index is 1.55. The van der Waals surface area contributed by atoms with Crippen LogP contribution in [0.5, 0.6) is 11.5 Å².